The van der Waals surface area contributed by atoms with Gasteiger partial charge in [-0.05, 0) is 30.3 Å². The van der Waals surface area contributed by atoms with Crippen LogP contribution in [0.15, 0.2) is 18.2 Å². The van der Waals surface area contributed by atoms with Gasteiger partial charge >= 0.3 is 0 Å². The van der Waals surface area contributed by atoms with E-state index in [9.17, 15) is 0 Å². The van der Waals surface area contributed by atoms with E-state index < -0.39 is 0 Å². The van der Waals surface area contributed by atoms with Crippen molar-refractivity contribution in [2.45, 2.75) is 25.7 Å². The number of hydrogen-bond acceptors (Lipinski definition) is 2. The summed E-state index contributed by atoms with van der Waals surface area (Å²) in [6.07, 6.45) is 0. The zero-order chi connectivity index (χ0) is 11.4. The van der Waals surface area contributed by atoms with Crippen molar-refractivity contribution in [3.8, 4) is 12.1 Å². The van der Waals surface area contributed by atoms with Gasteiger partial charge in [-0.3, -0.25) is 0 Å². The lowest BCUT2D eigenvalue weighted by Gasteiger charge is -2.15. The van der Waals surface area contributed by atoms with Crippen molar-refractivity contribution in [2.75, 3.05) is 0 Å². The minimum atomic E-state index is -0.176. The molecule has 0 N–H and O–H groups in total. The first kappa shape index (κ1) is 11.7. The SMILES string of the molecule is CC(C#N)c1cccc(P)c1C(C)C#N. The highest BCUT2D eigenvalue weighted by Crippen LogP contribution is 2.25. The molecule has 1 aromatic rings. The van der Waals surface area contributed by atoms with Crippen LogP contribution in [0.1, 0.15) is 36.8 Å². The van der Waals surface area contributed by atoms with Crippen LogP contribution in [-0.4, -0.2) is 0 Å². The largest absolute Gasteiger partial charge is 0.198 e. The van der Waals surface area contributed by atoms with Gasteiger partial charge in [-0.25, -0.2) is 0 Å². The second-order valence-electron chi connectivity index (χ2n) is 3.55. The predicted molar refractivity (Wildman–Crippen MR) is 63.8 cm³/mol. The molecule has 76 valence electrons. The van der Waals surface area contributed by atoms with E-state index in [1.807, 2.05) is 32.0 Å². The first-order valence-corrected chi connectivity index (χ1v) is 5.37. The zero-order valence-corrected chi connectivity index (χ0v) is 10.0. The topological polar surface area (TPSA) is 47.6 Å². The summed E-state index contributed by atoms with van der Waals surface area (Å²) in [5.41, 5.74) is 1.93. The molecule has 0 radical (unpaired) electrons. The molecule has 3 atom stereocenters. The van der Waals surface area contributed by atoms with Crippen LogP contribution in [0.25, 0.3) is 0 Å². The van der Waals surface area contributed by atoms with Gasteiger partial charge in [0.2, 0.25) is 0 Å². The summed E-state index contributed by atoms with van der Waals surface area (Å²) in [7, 11) is 2.62. The minimum absolute atomic E-state index is 0.170. The summed E-state index contributed by atoms with van der Waals surface area (Å²) in [6.45, 7) is 3.71. The monoisotopic (exact) mass is 216 g/mol. The molecule has 0 amide bonds. The van der Waals surface area contributed by atoms with Crippen LogP contribution in [0.4, 0.5) is 0 Å². The maximum absolute atomic E-state index is 8.95. The number of hydrogen-bond donors (Lipinski definition) is 0. The minimum Gasteiger partial charge on any atom is -0.198 e. The van der Waals surface area contributed by atoms with Gasteiger partial charge in [0.25, 0.3) is 0 Å². The van der Waals surface area contributed by atoms with Crippen LogP contribution in [0.2, 0.25) is 0 Å². The van der Waals surface area contributed by atoms with Crippen molar-refractivity contribution in [1.29, 1.82) is 10.5 Å². The van der Waals surface area contributed by atoms with Gasteiger partial charge < -0.3 is 0 Å². The average molecular weight is 216 g/mol. The molecule has 3 heteroatoms. The first-order chi connectivity index (χ1) is 7.11. The number of benzene rings is 1. The van der Waals surface area contributed by atoms with Crippen molar-refractivity contribution in [3.63, 3.8) is 0 Å². The molecular formula is C12H13N2P. The van der Waals surface area contributed by atoms with Crippen molar-refractivity contribution in [1.82, 2.24) is 0 Å². The number of nitriles is 2. The zero-order valence-electron chi connectivity index (χ0n) is 8.86. The summed E-state index contributed by atoms with van der Waals surface area (Å²) < 4.78 is 0. The van der Waals surface area contributed by atoms with E-state index in [2.05, 4.69) is 21.4 Å². The van der Waals surface area contributed by atoms with Gasteiger partial charge in [0.15, 0.2) is 0 Å². The predicted octanol–water partition coefficient (Wildman–Crippen LogP) is 2.44. The molecule has 0 bridgehead atoms. The molecule has 0 spiro atoms. The van der Waals surface area contributed by atoms with Gasteiger partial charge in [-0.15, -0.1) is 9.24 Å². The highest BCUT2D eigenvalue weighted by atomic mass is 31.0. The van der Waals surface area contributed by atoms with Crippen molar-refractivity contribution < 1.29 is 0 Å². The number of nitrogens with zero attached hydrogens (tertiary/aromatic N) is 2. The molecule has 0 saturated carbocycles. The fraction of sp³-hybridized carbons (Fsp3) is 0.333. The van der Waals surface area contributed by atoms with E-state index in [1.54, 1.807) is 0 Å². The smallest absolute Gasteiger partial charge is 0.0701 e. The Labute approximate surface area is 92.7 Å². The van der Waals surface area contributed by atoms with E-state index in [4.69, 9.17) is 10.5 Å². The Hall–Kier alpha value is -1.37. The summed E-state index contributed by atoms with van der Waals surface area (Å²) in [5.74, 6) is -0.346. The third kappa shape index (κ3) is 2.35. The molecule has 0 aliphatic carbocycles. The Bertz CT molecular complexity index is 440. The lowest BCUT2D eigenvalue weighted by Crippen LogP contribution is -2.10. The second kappa shape index (κ2) is 4.92. The van der Waals surface area contributed by atoms with Crippen molar-refractivity contribution in [3.05, 3.63) is 29.3 Å². The van der Waals surface area contributed by atoms with E-state index in [1.165, 1.54) is 0 Å². The van der Waals surface area contributed by atoms with Crippen LogP contribution < -0.4 is 5.30 Å². The van der Waals surface area contributed by atoms with Crippen LogP contribution in [0.5, 0.6) is 0 Å². The highest BCUT2D eigenvalue weighted by Gasteiger charge is 2.16. The summed E-state index contributed by atoms with van der Waals surface area (Å²) in [4.78, 5) is 0. The molecule has 0 saturated heterocycles. The molecule has 2 nitrogen and oxygen atoms in total. The normalized spacial score (nSPS) is 13.7. The van der Waals surface area contributed by atoms with Crippen LogP contribution in [0, 0.1) is 22.7 Å². The van der Waals surface area contributed by atoms with Gasteiger partial charge in [0.1, 0.15) is 0 Å². The Kier molecular flexibility index (Phi) is 3.84. The lowest BCUT2D eigenvalue weighted by molar-refractivity contribution is 0.903. The molecule has 0 aliphatic rings. The molecule has 1 aromatic carbocycles. The third-order valence-corrected chi connectivity index (χ3v) is 2.96. The summed E-state index contributed by atoms with van der Waals surface area (Å²) >= 11 is 0. The molecule has 0 heterocycles. The molecule has 3 unspecified atom stereocenters. The number of rotatable bonds is 2. The Morgan fingerprint density at radius 1 is 1.13 bits per heavy atom. The summed E-state index contributed by atoms with van der Waals surface area (Å²) in [6, 6.07) is 10.2. The molecule has 1 rings (SSSR count). The Balaban J connectivity index is 3.35. The Morgan fingerprint density at radius 2 is 1.73 bits per heavy atom. The lowest BCUT2D eigenvalue weighted by atomic mass is 9.90. The fourth-order valence-electron chi connectivity index (χ4n) is 1.61. The highest BCUT2D eigenvalue weighted by molar-refractivity contribution is 7.27. The fourth-order valence-corrected chi connectivity index (χ4v) is 2.14. The van der Waals surface area contributed by atoms with E-state index >= 15 is 0 Å². The van der Waals surface area contributed by atoms with Crippen molar-refractivity contribution in [2.24, 2.45) is 0 Å². The average Bonchev–Trinajstić information content (AvgIpc) is 2.26. The second-order valence-corrected chi connectivity index (χ2v) is 4.17. The Morgan fingerprint density at radius 3 is 2.27 bits per heavy atom. The maximum Gasteiger partial charge on any atom is 0.0701 e. The van der Waals surface area contributed by atoms with Gasteiger partial charge in [0.05, 0.1) is 24.0 Å². The van der Waals surface area contributed by atoms with Crippen LogP contribution >= 0.6 is 9.24 Å². The van der Waals surface area contributed by atoms with E-state index in [0.717, 1.165) is 16.4 Å². The summed E-state index contributed by atoms with van der Waals surface area (Å²) in [5, 5.41) is 18.9. The molecule has 0 aromatic heterocycles. The van der Waals surface area contributed by atoms with Crippen LogP contribution in [-0.2, 0) is 0 Å². The van der Waals surface area contributed by atoms with Crippen LogP contribution in [0.3, 0.4) is 0 Å². The standard InChI is InChI=1S/C12H13N2P/c1-8(6-13)10-4-3-5-11(15)12(10)9(2)7-14/h3-5,8-9H,15H2,1-2H3. The molecule has 0 aliphatic heterocycles. The molecule has 0 fully saturated rings. The van der Waals surface area contributed by atoms with Gasteiger partial charge in [0, 0.05) is 0 Å². The molecular weight excluding hydrogens is 203 g/mol. The van der Waals surface area contributed by atoms with Gasteiger partial charge in [-0.1, -0.05) is 18.2 Å². The van der Waals surface area contributed by atoms with E-state index in [-0.39, 0.29) is 11.8 Å². The van der Waals surface area contributed by atoms with Crippen molar-refractivity contribution >= 4 is 14.5 Å². The van der Waals surface area contributed by atoms with Gasteiger partial charge in [-0.2, -0.15) is 10.5 Å². The first-order valence-electron chi connectivity index (χ1n) is 4.79. The maximum atomic E-state index is 8.95. The van der Waals surface area contributed by atoms with E-state index in [0.29, 0.717) is 0 Å². The quantitative estimate of drug-likeness (QED) is 0.713. The third-order valence-electron chi connectivity index (χ3n) is 2.46. The molecule has 15 heavy (non-hydrogen) atoms.